The number of nitrogens with zero attached hydrogens (tertiary/aromatic N) is 1. The zero-order chi connectivity index (χ0) is 24.1. The van der Waals surface area contributed by atoms with E-state index in [1.165, 1.54) is 0 Å². The lowest BCUT2D eigenvalue weighted by atomic mass is 9.69. The van der Waals surface area contributed by atoms with Crippen molar-refractivity contribution in [2.75, 3.05) is 26.4 Å². The van der Waals surface area contributed by atoms with Crippen LogP contribution in [0.25, 0.3) is 0 Å². The smallest absolute Gasteiger partial charge is 0.336 e. The molecule has 8 nitrogen and oxygen atoms in total. The molecule has 33 heavy (non-hydrogen) atoms. The quantitative estimate of drug-likeness (QED) is 0.349. The van der Waals surface area contributed by atoms with Gasteiger partial charge in [0, 0.05) is 23.7 Å². The molecule has 1 aromatic carbocycles. The van der Waals surface area contributed by atoms with Crippen LogP contribution in [-0.2, 0) is 23.9 Å². The molecule has 1 aliphatic heterocycles. The Bertz CT molecular complexity index is 1060. The summed E-state index contributed by atoms with van der Waals surface area (Å²) in [5.74, 6) is -3.16. The molecule has 174 valence electrons. The van der Waals surface area contributed by atoms with Crippen LogP contribution in [0.3, 0.4) is 0 Å². The molecule has 0 radical (unpaired) electrons. The van der Waals surface area contributed by atoms with Gasteiger partial charge in [0.2, 0.25) is 11.6 Å². The highest BCUT2D eigenvalue weighted by Gasteiger charge is 2.46. The van der Waals surface area contributed by atoms with Gasteiger partial charge in [0.15, 0.2) is 0 Å². The Morgan fingerprint density at radius 3 is 2.67 bits per heavy atom. The lowest BCUT2D eigenvalue weighted by Gasteiger charge is -2.37. The van der Waals surface area contributed by atoms with Crippen LogP contribution in [0, 0.1) is 23.2 Å². The second-order valence-corrected chi connectivity index (χ2v) is 8.35. The first kappa shape index (κ1) is 24.4. The molecule has 2 unspecified atom stereocenters. The van der Waals surface area contributed by atoms with Gasteiger partial charge in [-0.05, 0) is 30.9 Å². The third kappa shape index (κ3) is 4.75. The number of ketones is 2. The van der Waals surface area contributed by atoms with Crippen molar-refractivity contribution >= 4 is 17.5 Å². The SMILES string of the molecule is CCOC(=O)C1=C(COCCN)NC2=C(C(=O)C(=O)C(C(C)C)C2)C1c1ccccc1C#N. The van der Waals surface area contributed by atoms with E-state index in [1.54, 1.807) is 31.2 Å². The highest BCUT2D eigenvalue weighted by atomic mass is 16.5. The molecule has 0 spiro atoms. The first-order chi connectivity index (χ1) is 15.8. The Labute approximate surface area is 193 Å². The fourth-order valence-corrected chi connectivity index (χ4v) is 4.37. The predicted molar refractivity (Wildman–Crippen MR) is 121 cm³/mol. The molecule has 0 saturated carbocycles. The number of nitrogens with one attached hydrogen (secondary N) is 1. The minimum absolute atomic E-state index is 0.0329. The van der Waals surface area contributed by atoms with Gasteiger partial charge in [-0.3, -0.25) is 9.59 Å². The van der Waals surface area contributed by atoms with E-state index in [2.05, 4.69) is 11.4 Å². The Morgan fingerprint density at radius 1 is 1.30 bits per heavy atom. The molecule has 0 amide bonds. The Morgan fingerprint density at radius 2 is 2.03 bits per heavy atom. The van der Waals surface area contributed by atoms with Crippen molar-refractivity contribution in [1.82, 2.24) is 5.32 Å². The summed E-state index contributed by atoms with van der Waals surface area (Å²) in [4.78, 5) is 39.6. The summed E-state index contributed by atoms with van der Waals surface area (Å²) in [5, 5.41) is 13.0. The van der Waals surface area contributed by atoms with Crippen LogP contribution in [-0.4, -0.2) is 43.9 Å². The van der Waals surface area contributed by atoms with Gasteiger partial charge in [-0.25, -0.2) is 4.79 Å². The molecular formula is C25H29N3O5. The van der Waals surface area contributed by atoms with Crippen LogP contribution in [0.2, 0.25) is 0 Å². The van der Waals surface area contributed by atoms with E-state index >= 15 is 0 Å². The number of rotatable bonds is 8. The standard InChI is InChI=1S/C25H29N3O5/c1-4-33-25(31)22-19(13-32-10-9-26)28-18-11-17(14(2)3)23(29)24(30)21(18)20(22)16-8-6-5-7-15(16)12-27/h5-8,14,17,20,28H,4,9-11,13,26H2,1-3H3. The third-order valence-corrected chi connectivity index (χ3v) is 5.96. The largest absolute Gasteiger partial charge is 0.463 e. The maximum atomic E-state index is 13.4. The number of dihydropyridines is 1. The molecule has 2 aliphatic rings. The van der Waals surface area contributed by atoms with Gasteiger partial charge in [-0.15, -0.1) is 0 Å². The first-order valence-electron chi connectivity index (χ1n) is 11.1. The van der Waals surface area contributed by atoms with Crippen LogP contribution in [0.4, 0.5) is 0 Å². The van der Waals surface area contributed by atoms with Crippen LogP contribution in [0.1, 0.15) is 44.2 Å². The molecule has 0 bridgehead atoms. The van der Waals surface area contributed by atoms with E-state index < -0.39 is 29.4 Å². The number of nitriles is 1. The summed E-state index contributed by atoms with van der Waals surface area (Å²) in [6.07, 6.45) is 0.333. The van der Waals surface area contributed by atoms with E-state index in [1.807, 2.05) is 13.8 Å². The predicted octanol–water partition coefficient (Wildman–Crippen LogP) is 2.11. The fraction of sp³-hybridized carbons (Fsp3) is 0.440. The van der Waals surface area contributed by atoms with Crippen molar-refractivity contribution in [3.8, 4) is 6.07 Å². The van der Waals surface area contributed by atoms with Crippen molar-refractivity contribution in [3.63, 3.8) is 0 Å². The van der Waals surface area contributed by atoms with Gasteiger partial charge in [0.25, 0.3) is 0 Å². The van der Waals surface area contributed by atoms with Crippen LogP contribution < -0.4 is 11.1 Å². The maximum Gasteiger partial charge on any atom is 0.336 e. The highest BCUT2D eigenvalue weighted by molar-refractivity contribution is 6.45. The second kappa shape index (κ2) is 10.6. The normalized spacial score (nSPS) is 20.5. The molecule has 8 heteroatoms. The van der Waals surface area contributed by atoms with Crippen molar-refractivity contribution in [2.24, 2.45) is 17.6 Å². The molecule has 3 N–H and O–H groups in total. The van der Waals surface area contributed by atoms with Gasteiger partial charge >= 0.3 is 5.97 Å². The zero-order valence-electron chi connectivity index (χ0n) is 19.1. The molecule has 0 saturated heterocycles. The van der Waals surface area contributed by atoms with E-state index in [9.17, 15) is 19.6 Å². The van der Waals surface area contributed by atoms with Gasteiger partial charge in [0.1, 0.15) is 0 Å². The van der Waals surface area contributed by atoms with Crippen molar-refractivity contribution in [1.29, 1.82) is 5.26 Å². The van der Waals surface area contributed by atoms with Crippen LogP contribution in [0.5, 0.6) is 0 Å². The minimum atomic E-state index is -0.919. The van der Waals surface area contributed by atoms with E-state index in [4.69, 9.17) is 15.2 Å². The van der Waals surface area contributed by atoms with Crippen LogP contribution >= 0.6 is 0 Å². The number of carbonyl (C=O) groups is 3. The maximum absolute atomic E-state index is 13.4. The summed E-state index contributed by atoms with van der Waals surface area (Å²) in [6.45, 7) is 6.24. The zero-order valence-corrected chi connectivity index (χ0v) is 19.1. The third-order valence-electron chi connectivity index (χ3n) is 5.96. The van der Waals surface area contributed by atoms with Gasteiger partial charge in [-0.2, -0.15) is 5.26 Å². The molecule has 0 aromatic heterocycles. The van der Waals surface area contributed by atoms with Crippen molar-refractivity contribution < 1.29 is 23.9 Å². The number of hydrogen-bond acceptors (Lipinski definition) is 8. The summed E-state index contributed by atoms with van der Waals surface area (Å²) in [7, 11) is 0. The lowest BCUT2D eigenvalue weighted by molar-refractivity contribution is -0.140. The van der Waals surface area contributed by atoms with Crippen LogP contribution in [0.15, 0.2) is 46.8 Å². The van der Waals surface area contributed by atoms with E-state index in [0.29, 0.717) is 35.5 Å². The summed E-state index contributed by atoms with van der Waals surface area (Å²) in [5.41, 5.74) is 7.73. The molecule has 1 aliphatic carbocycles. The fourth-order valence-electron chi connectivity index (χ4n) is 4.37. The van der Waals surface area contributed by atoms with E-state index in [0.717, 1.165) is 0 Å². The Hall–Kier alpha value is -3.28. The molecule has 2 atom stereocenters. The highest BCUT2D eigenvalue weighted by Crippen LogP contribution is 2.44. The number of ether oxygens (including phenoxy) is 2. The monoisotopic (exact) mass is 451 g/mol. The topological polar surface area (TPSA) is 132 Å². The molecule has 0 fully saturated rings. The minimum Gasteiger partial charge on any atom is -0.463 e. The summed E-state index contributed by atoms with van der Waals surface area (Å²) < 4.78 is 11.0. The molecule has 1 heterocycles. The lowest BCUT2D eigenvalue weighted by Crippen LogP contribution is -2.43. The summed E-state index contributed by atoms with van der Waals surface area (Å²) >= 11 is 0. The Balaban J connectivity index is 2.26. The molecular weight excluding hydrogens is 422 g/mol. The number of allylic oxidation sites excluding steroid dienone is 2. The van der Waals surface area contributed by atoms with Gasteiger partial charge in [0.05, 0.1) is 48.6 Å². The Kier molecular flexibility index (Phi) is 7.79. The first-order valence-corrected chi connectivity index (χ1v) is 11.1. The number of nitrogens with two attached hydrogens (primary N) is 1. The van der Waals surface area contributed by atoms with Gasteiger partial charge in [-0.1, -0.05) is 32.0 Å². The number of hydrogen-bond donors (Lipinski definition) is 2. The average Bonchev–Trinajstić information content (AvgIpc) is 2.80. The molecule has 3 rings (SSSR count). The van der Waals surface area contributed by atoms with Crippen molar-refractivity contribution in [2.45, 2.75) is 33.1 Å². The number of Topliss-reactive ketones (excluding diaryl/α,β-unsaturated/α-hetero) is 2. The number of benzene rings is 1. The van der Waals surface area contributed by atoms with Gasteiger partial charge < -0.3 is 20.5 Å². The molecule has 1 aromatic rings. The second-order valence-electron chi connectivity index (χ2n) is 8.35. The summed E-state index contributed by atoms with van der Waals surface area (Å²) in [6, 6.07) is 8.90. The average molecular weight is 452 g/mol. The van der Waals surface area contributed by atoms with E-state index in [-0.39, 0.29) is 36.9 Å². The number of esters is 1. The van der Waals surface area contributed by atoms with Crippen molar-refractivity contribution in [3.05, 3.63) is 57.9 Å². The number of carbonyl (C=O) groups excluding carboxylic acids is 3.